The van der Waals surface area contributed by atoms with Crippen LogP contribution in [0, 0.1) is 13.8 Å². The van der Waals surface area contributed by atoms with Gasteiger partial charge in [0.25, 0.3) is 0 Å². The molecule has 13 heteroatoms. The van der Waals surface area contributed by atoms with E-state index in [0.717, 1.165) is 29.1 Å². The van der Waals surface area contributed by atoms with Crippen molar-refractivity contribution in [3.8, 4) is 11.5 Å². The van der Waals surface area contributed by atoms with Crippen LogP contribution in [0.25, 0.3) is 10.8 Å². The molecule has 0 saturated heterocycles. The summed E-state index contributed by atoms with van der Waals surface area (Å²) >= 11 is 0. The van der Waals surface area contributed by atoms with Crippen molar-refractivity contribution >= 4 is 42.4 Å². The van der Waals surface area contributed by atoms with Gasteiger partial charge in [0.1, 0.15) is 17.1 Å². The van der Waals surface area contributed by atoms with Crippen LogP contribution in [0.4, 0.5) is 11.4 Å². The van der Waals surface area contributed by atoms with Gasteiger partial charge >= 0.3 is 10.4 Å². The zero-order valence-electron chi connectivity index (χ0n) is 17.4. The Morgan fingerprint density at radius 2 is 1.64 bits per heavy atom. The molecule has 181 valence electrons. The smallest absolute Gasteiger partial charge is 0.397 e. The second kappa shape index (κ2) is 10.2. The monoisotopic (exact) mass is 543 g/mol. The summed E-state index contributed by atoms with van der Waals surface area (Å²) < 4.78 is 58.5. The fourth-order valence-corrected chi connectivity index (χ4v) is 4.51. The Labute approximate surface area is 201 Å². The second-order valence-electron chi connectivity index (χ2n) is 7.03. The number of rotatable bonds is 7. The first-order valence-corrected chi connectivity index (χ1v) is 12.2. The molecule has 0 unspecified atom stereocenters. The van der Waals surface area contributed by atoms with Crippen LogP contribution in [0.1, 0.15) is 11.1 Å². The summed E-state index contributed by atoms with van der Waals surface area (Å²) in [6.45, 7) is 2.87. The van der Waals surface area contributed by atoms with Gasteiger partial charge < -0.3 is 10.2 Å². The zero-order chi connectivity index (χ0) is 23.7. The normalized spacial score (nSPS) is 12.2. The molecule has 0 aliphatic heterocycles. The molecule has 10 nitrogen and oxygen atoms in total. The van der Waals surface area contributed by atoms with Gasteiger partial charge in [0.05, 0.1) is 17.3 Å². The molecule has 0 fully saturated rings. The average Bonchev–Trinajstić information content (AvgIpc) is 2.67. The van der Waals surface area contributed by atoms with E-state index in [1.165, 1.54) is 0 Å². The van der Waals surface area contributed by atoms with Gasteiger partial charge in [0.15, 0.2) is 15.6 Å². The molecule has 0 spiro atoms. The number of fused-ring (bicyclic) bond motifs is 1. The summed E-state index contributed by atoms with van der Waals surface area (Å²) in [6, 6.07) is 10.6. The molecule has 1 radical (unpaired) electrons. The van der Waals surface area contributed by atoms with E-state index < -0.39 is 32.6 Å². The molecule has 3 aromatic carbocycles. The van der Waals surface area contributed by atoms with E-state index in [1.54, 1.807) is 13.0 Å². The largest absolute Gasteiger partial charge is 0.506 e. The number of aromatic hydroxyl groups is 2. The van der Waals surface area contributed by atoms with E-state index in [2.05, 4.69) is 14.4 Å². The standard InChI is InChI=1S/C20H20N2O8S2.Cu/c1-12-3-5-16-14(9-12)10-13(2)19(20(16)24)22-21-17-11-15(4-6-18(17)23)31(25,26)8-7-30-32(27,28)29;/h3-6,9-11,23-24H,7-8H2,1-2H3,(H,27,28,29);. The van der Waals surface area contributed by atoms with E-state index in [4.69, 9.17) is 4.55 Å². The van der Waals surface area contributed by atoms with Crippen LogP contribution < -0.4 is 0 Å². The molecule has 0 amide bonds. The van der Waals surface area contributed by atoms with Crippen LogP contribution in [-0.2, 0) is 41.5 Å². The molecular weight excluding hydrogens is 524 g/mol. The van der Waals surface area contributed by atoms with Gasteiger partial charge in [-0.2, -0.15) is 8.42 Å². The fourth-order valence-electron chi connectivity index (χ4n) is 3.01. The van der Waals surface area contributed by atoms with Gasteiger partial charge in [-0.3, -0.25) is 4.55 Å². The van der Waals surface area contributed by atoms with Crippen LogP contribution in [0.3, 0.4) is 0 Å². The van der Waals surface area contributed by atoms with Crippen LogP contribution >= 0.6 is 0 Å². The first-order chi connectivity index (χ1) is 14.9. The number of benzene rings is 3. The van der Waals surface area contributed by atoms with Gasteiger partial charge in [0.2, 0.25) is 0 Å². The van der Waals surface area contributed by atoms with Crippen LogP contribution in [0.5, 0.6) is 11.5 Å². The minimum Gasteiger partial charge on any atom is -0.506 e. The third-order valence-corrected chi connectivity index (χ3v) is 6.72. The molecule has 0 heterocycles. The number of phenols is 2. The Bertz CT molecular complexity index is 1440. The predicted octanol–water partition coefficient (Wildman–Crippen LogP) is 3.87. The predicted molar refractivity (Wildman–Crippen MR) is 117 cm³/mol. The van der Waals surface area contributed by atoms with Gasteiger partial charge in [0, 0.05) is 22.5 Å². The van der Waals surface area contributed by atoms with E-state index in [1.807, 2.05) is 25.1 Å². The van der Waals surface area contributed by atoms with Crippen molar-refractivity contribution in [1.82, 2.24) is 0 Å². The van der Waals surface area contributed by atoms with Gasteiger partial charge in [-0.25, -0.2) is 12.6 Å². The van der Waals surface area contributed by atoms with Crippen molar-refractivity contribution in [2.24, 2.45) is 10.2 Å². The van der Waals surface area contributed by atoms with Crippen molar-refractivity contribution in [3.05, 3.63) is 53.6 Å². The molecule has 0 bridgehead atoms. The SMILES string of the molecule is Cc1ccc2c(O)c(N=Nc3cc(S(=O)(=O)CCOS(=O)(=O)O)ccc3O)c(C)cc2c1.[Cu]. The Morgan fingerprint density at radius 1 is 0.939 bits per heavy atom. The van der Waals surface area contributed by atoms with Crippen molar-refractivity contribution in [2.75, 3.05) is 12.4 Å². The average molecular weight is 544 g/mol. The van der Waals surface area contributed by atoms with Crippen molar-refractivity contribution in [2.45, 2.75) is 18.7 Å². The summed E-state index contributed by atoms with van der Waals surface area (Å²) in [5.41, 5.74) is 1.63. The molecule has 0 aromatic heterocycles. The number of aryl methyl sites for hydroxylation is 2. The number of sulfone groups is 1. The summed E-state index contributed by atoms with van der Waals surface area (Å²) in [5, 5.41) is 30.0. The molecule has 33 heavy (non-hydrogen) atoms. The molecule has 0 aliphatic rings. The van der Waals surface area contributed by atoms with Gasteiger partial charge in [-0.05, 0) is 49.1 Å². The van der Waals surface area contributed by atoms with Crippen LogP contribution in [0.15, 0.2) is 57.6 Å². The van der Waals surface area contributed by atoms with Gasteiger partial charge in [-0.1, -0.05) is 23.8 Å². The molecule has 3 rings (SSSR count). The number of hydrogen-bond acceptors (Lipinski definition) is 9. The first-order valence-electron chi connectivity index (χ1n) is 9.20. The number of phenolic OH excluding ortho intramolecular Hbond substituents is 2. The summed E-state index contributed by atoms with van der Waals surface area (Å²) in [7, 11) is -8.79. The maximum Gasteiger partial charge on any atom is 0.397 e. The number of azo groups is 1. The maximum absolute atomic E-state index is 12.4. The molecule has 3 N–H and O–H groups in total. The van der Waals surface area contributed by atoms with Crippen LogP contribution in [0.2, 0.25) is 0 Å². The maximum atomic E-state index is 12.4. The number of hydrogen-bond donors (Lipinski definition) is 3. The molecule has 0 aliphatic carbocycles. The Kier molecular flexibility index (Phi) is 8.22. The molecular formula is C20H20CuN2O8S2. The summed E-state index contributed by atoms with van der Waals surface area (Å²) in [4.78, 5) is -0.266. The summed E-state index contributed by atoms with van der Waals surface area (Å²) in [6.07, 6.45) is 0. The van der Waals surface area contributed by atoms with Crippen LogP contribution in [-0.4, -0.2) is 44.0 Å². The van der Waals surface area contributed by atoms with E-state index in [9.17, 15) is 27.0 Å². The van der Waals surface area contributed by atoms with Crippen molar-refractivity contribution < 1.29 is 52.9 Å². The third-order valence-electron chi connectivity index (χ3n) is 4.58. The van der Waals surface area contributed by atoms with Gasteiger partial charge in [-0.15, -0.1) is 10.2 Å². The minimum absolute atomic E-state index is 0. The van der Waals surface area contributed by atoms with E-state index in [-0.39, 0.29) is 44.8 Å². The topological polar surface area (TPSA) is 163 Å². The fraction of sp³-hybridized carbons (Fsp3) is 0.200. The van der Waals surface area contributed by atoms with Crippen molar-refractivity contribution in [1.29, 1.82) is 0 Å². The quantitative estimate of drug-likeness (QED) is 0.229. The van der Waals surface area contributed by atoms with E-state index >= 15 is 0 Å². The molecule has 0 saturated carbocycles. The second-order valence-corrected chi connectivity index (χ2v) is 10.2. The van der Waals surface area contributed by atoms with E-state index in [0.29, 0.717) is 10.9 Å². The minimum atomic E-state index is -4.77. The molecule has 3 aromatic rings. The Balaban J connectivity index is 0.00000385. The zero-order valence-corrected chi connectivity index (χ0v) is 19.9. The Hall–Kier alpha value is -2.54. The molecule has 0 atom stereocenters. The Morgan fingerprint density at radius 3 is 2.30 bits per heavy atom. The number of nitrogens with zero attached hydrogens (tertiary/aromatic N) is 2. The van der Waals surface area contributed by atoms with Crippen molar-refractivity contribution in [3.63, 3.8) is 0 Å². The summed E-state index contributed by atoms with van der Waals surface area (Å²) in [5.74, 6) is -1.19. The third kappa shape index (κ3) is 6.50. The first kappa shape index (κ1) is 26.7.